The first-order chi connectivity index (χ1) is 4.00. The minimum atomic E-state index is 0.653. The second kappa shape index (κ2) is 3.13. The third kappa shape index (κ3) is 1.69. The molecule has 0 saturated carbocycles. The van der Waals surface area contributed by atoms with E-state index in [1.54, 1.807) is 12.5 Å². The van der Waals surface area contributed by atoms with Gasteiger partial charge in [-0.15, -0.1) is 0 Å². The van der Waals surface area contributed by atoms with Gasteiger partial charge in [0.2, 0.25) is 0 Å². The van der Waals surface area contributed by atoms with Crippen LogP contribution in [0, 0.1) is 0 Å². The summed E-state index contributed by atoms with van der Waals surface area (Å²) in [5.41, 5.74) is 0. The van der Waals surface area contributed by atoms with Gasteiger partial charge in [-0.2, -0.15) is 0 Å². The minimum absolute atomic E-state index is 0.653. The first-order valence-corrected chi connectivity index (χ1v) is 2.53. The molecule has 0 radical (unpaired) electrons. The van der Waals surface area contributed by atoms with Crippen molar-refractivity contribution in [1.82, 2.24) is 0 Å². The monoisotopic (exact) mass is 112 g/mol. The molecule has 1 heterocycles. The molecule has 2 heteroatoms. The molecule has 0 N–H and O–H groups in total. The van der Waals surface area contributed by atoms with Crippen molar-refractivity contribution in [2.45, 2.75) is 0 Å². The number of hydrogen-bond donors (Lipinski definition) is 0. The fourth-order valence-corrected chi connectivity index (χ4v) is 0.437. The van der Waals surface area contributed by atoms with Crippen LogP contribution in [0.3, 0.4) is 0 Å². The molecule has 1 rings (SSSR count). The molecular weight excluding hydrogens is 104 g/mol. The molecular formula is C6H8O2. The lowest BCUT2D eigenvalue weighted by atomic mass is 10.5. The average Bonchev–Trinajstić information content (AvgIpc) is 1.62. The lowest BCUT2D eigenvalue weighted by molar-refractivity contribution is 0.229. The summed E-state index contributed by atoms with van der Waals surface area (Å²) in [4.78, 5) is 0. The third-order valence-electron chi connectivity index (χ3n) is 0.800. The quantitative estimate of drug-likeness (QED) is 0.436. The molecule has 0 aromatic heterocycles. The molecule has 0 aliphatic carbocycles. The standard InChI is InChI=1S/C6H8O2/c1-2-4-8-6-5-7-3-1/h1-2,5-6H,3-4H2/b2-1-,6-5-. The summed E-state index contributed by atoms with van der Waals surface area (Å²) in [6.07, 6.45) is 6.93. The van der Waals surface area contributed by atoms with Crippen LogP contribution in [-0.4, -0.2) is 13.2 Å². The van der Waals surface area contributed by atoms with Gasteiger partial charge in [-0.3, -0.25) is 0 Å². The fourth-order valence-electron chi connectivity index (χ4n) is 0.437. The molecule has 0 unspecified atom stereocenters. The van der Waals surface area contributed by atoms with E-state index in [9.17, 15) is 0 Å². The van der Waals surface area contributed by atoms with Gasteiger partial charge in [0, 0.05) is 0 Å². The van der Waals surface area contributed by atoms with Crippen molar-refractivity contribution in [3.05, 3.63) is 24.7 Å². The maximum atomic E-state index is 4.88. The van der Waals surface area contributed by atoms with Crippen molar-refractivity contribution in [2.75, 3.05) is 13.2 Å². The molecule has 0 amide bonds. The lowest BCUT2D eigenvalue weighted by Crippen LogP contribution is -1.89. The van der Waals surface area contributed by atoms with Crippen LogP contribution in [0.4, 0.5) is 0 Å². The van der Waals surface area contributed by atoms with Crippen molar-refractivity contribution in [3.8, 4) is 0 Å². The van der Waals surface area contributed by atoms with Gasteiger partial charge in [0.15, 0.2) is 0 Å². The molecule has 44 valence electrons. The van der Waals surface area contributed by atoms with Crippen LogP contribution in [-0.2, 0) is 9.47 Å². The van der Waals surface area contributed by atoms with E-state index in [4.69, 9.17) is 9.47 Å². The Hall–Kier alpha value is -0.920. The molecule has 2 nitrogen and oxygen atoms in total. The Bertz CT molecular complexity index is 79.1. The Kier molecular flexibility index (Phi) is 2.04. The zero-order valence-corrected chi connectivity index (χ0v) is 4.54. The lowest BCUT2D eigenvalue weighted by Gasteiger charge is -1.99. The van der Waals surface area contributed by atoms with Crippen molar-refractivity contribution in [1.29, 1.82) is 0 Å². The molecule has 0 aromatic rings. The van der Waals surface area contributed by atoms with Gasteiger partial charge < -0.3 is 9.47 Å². The van der Waals surface area contributed by atoms with Crippen LogP contribution in [0.15, 0.2) is 24.7 Å². The summed E-state index contributed by atoms with van der Waals surface area (Å²) >= 11 is 0. The molecule has 0 spiro atoms. The summed E-state index contributed by atoms with van der Waals surface area (Å²) in [6, 6.07) is 0. The average molecular weight is 112 g/mol. The molecule has 0 bridgehead atoms. The van der Waals surface area contributed by atoms with E-state index in [2.05, 4.69) is 0 Å². The van der Waals surface area contributed by atoms with Gasteiger partial charge in [-0.1, -0.05) is 0 Å². The van der Waals surface area contributed by atoms with Gasteiger partial charge >= 0.3 is 0 Å². The number of ether oxygens (including phenoxy) is 2. The highest BCUT2D eigenvalue weighted by Crippen LogP contribution is 1.87. The smallest absolute Gasteiger partial charge is 0.118 e. The van der Waals surface area contributed by atoms with E-state index in [1.165, 1.54) is 0 Å². The topological polar surface area (TPSA) is 18.5 Å². The van der Waals surface area contributed by atoms with Crippen LogP contribution < -0.4 is 0 Å². The molecule has 0 aromatic carbocycles. The normalized spacial score (nSPS) is 26.0. The predicted octanol–water partition coefficient (Wildman–Crippen LogP) is 1.06. The summed E-state index contributed by atoms with van der Waals surface area (Å²) in [7, 11) is 0. The largest absolute Gasteiger partial charge is 0.494 e. The first-order valence-electron chi connectivity index (χ1n) is 2.53. The summed E-state index contributed by atoms with van der Waals surface area (Å²) < 4.78 is 9.76. The van der Waals surface area contributed by atoms with E-state index in [0.717, 1.165) is 0 Å². The highest BCUT2D eigenvalue weighted by atomic mass is 16.5. The van der Waals surface area contributed by atoms with E-state index in [0.29, 0.717) is 13.2 Å². The van der Waals surface area contributed by atoms with Crippen molar-refractivity contribution >= 4 is 0 Å². The minimum Gasteiger partial charge on any atom is -0.494 e. The second-order valence-electron chi connectivity index (χ2n) is 1.41. The fraction of sp³-hybridized carbons (Fsp3) is 0.333. The Morgan fingerprint density at radius 1 is 0.875 bits per heavy atom. The Balaban J connectivity index is 2.29. The van der Waals surface area contributed by atoms with Gasteiger partial charge in [0.05, 0.1) is 0 Å². The summed E-state index contributed by atoms with van der Waals surface area (Å²) in [6.45, 7) is 1.31. The molecule has 0 fully saturated rings. The highest BCUT2D eigenvalue weighted by molar-refractivity contribution is 4.84. The predicted molar refractivity (Wildman–Crippen MR) is 30.2 cm³/mol. The van der Waals surface area contributed by atoms with Gasteiger partial charge in [0.25, 0.3) is 0 Å². The molecule has 0 saturated heterocycles. The zero-order valence-electron chi connectivity index (χ0n) is 4.54. The molecule has 1 aliphatic heterocycles. The van der Waals surface area contributed by atoms with Crippen LogP contribution >= 0.6 is 0 Å². The van der Waals surface area contributed by atoms with Gasteiger partial charge in [0.1, 0.15) is 25.7 Å². The third-order valence-corrected chi connectivity index (χ3v) is 0.800. The van der Waals surface area contributed by atoms with Crippen molar-refractivity contribution in [2.24, 2.45) is 0 Å². The van der Waals surface area contributed by atoms with E-state index in [1.807, 2.05) is 12.2 Å². The van der Waals surface area contributed by atoms with E-state index >= 15 is 0 Å². The first kappa shape index (κ1) is 5.22. The van der Waals surface area contributed by atoms with E-state index < -0.39 is 0 Å². The molecule has 8 heavy (non-hydrogen) atoms. The molecule has 1 aliphatic rings. The van der Waals surface area contributed by atoms with Gasteiger partial charge in [-0.05, 0) is 12.2 Å². The Morgan fingerprint density at radius 3 is 1.88 bits per heavy atom. The van der Waals surface area contributed by atoms with Gasteiger partial charge in [-0.25, -0.2) is 0 Å². The summed E-state index contributed by atoms with van der Waals surface area (Å²) in [5, 5.41) is 0. The van der Waals surface area contributed by atoms with Crippen molar-refractivity contribution < 1.29 is 9.47 Å². The maximum Gasteiger partial charge on any atom is 0.118 e. The second-order valence-corrected chi connectivity index (χ2v) is 1.41. The Morgan fingerprint density at radius 2 is 1.38 bits per heavy atom. The highest BCUT2D eigenvalue weighted by Gasteiger charge is 1.80. The van der Waals surface area contributed by atoms with Crippen LogP contribution in [0.25, 0.3) is 0 Å². The number of rotatable bonds is 0. The Labute approximate surface area is 48.4 Å². The van der Waals surface area contributed by atoms with Crippen LogP contribution in [0.2, 0.25) is 0 Å². The van der Waals surface area contributed by atoms with Crippen LogP contribution in [0.5, 0.6) is 0 Å². The number of hydrogen-bond acceptors (Lipinski definition) is 2. The van der Waals surface area contributed by atoms with E-state index in [-0.39, 0.29) is 0 Å². The van der Waals surface area contributed by atoms with Crippen molar-refractivity contribution in [3.63, 3.8) is 0 Å². The zero-order chi connectivity index (χ0) is 5.66. The molecule has 0 atom stereocenters. The summed E-state index contributed by atoms with van der Waals surface area (Å²) in [5.74, 6) is 0. The maximum absolute atomic E-state index is 4.88. The van der Waals surface area contributed by atoms with Crippen LogP contribution in [0.1, 0.15) is 0 Å². The SMILES string of the molecule is C1=C\CO/C=C\OC/1.